The largest absolute Gasteiger partial charge is 0.493 e. The van der Waals surface area contributed by atoms with Gasteiger partial charge in [0, 0.05) is 4.47 Å². The first-order chi connectivity index (χ1) is 20.8. The maximum absolute atomic E-state index is 14.0. The molecule has 3 aromatic carbocycles. The summed E-state index contributed by atoms with van der Waals surface area (Å²) in [6.07, 6.45) is 1.82. The molecule has 4 aromatic rings. The highest BCUT2D eigenvalue weighted by molar-refractivity contribution is 9.10. The van der Waals surface area contributed by atoms with E-state index in [0.717, 1.165) is 16.9 Å². The van der Waals surface area contributed by atoms with Gasteiger partial charge in [-0.2, -0.15) is 0 Å². The van der Waals surface area contributed by atoms with Crippen LogP contribution in [0.3, 0.4) is 0 Å². The van der Waals surface area contributed by atoms with Crippen LogP contribution < -0.4 is 29.1 Å². The summed E-state index contributed by atoms with van der Waals surface area (Å²) in [5.74, 6) is 1.22. The first-order valence-corrected chi connectivity index (χ1v) is 15.4. The summed E-state index contributed by atoms with van der Waals surface area (Å²) in [6, 6.07) is 20.3. The van der Waals surface area contributed by atoms with Crippen LogP contribution in [0.25, 0.3) is 6.08 Å². The maximum Gasteiger partial charge on any atom is 0.338 e. The fourth-order valence-electron chi connectivity index (χ4n) is 4.83. The van der Waals surface area contributed by atoms with Crippen molar-refractivity contribution in [2.24, 2.45) is 4.99 Å². The number of hydrogen-bond acceptors (Lipinski definition) is 8. The minimum Gasteiger partial charge on any atom is -0.493 e. The second kappa shape index (κ2) is 13.4. The molecule has 43 heavy (non-hydrogen) atoms. The van der Waals surface area contributed by atoms with Gasteiger partial charge in [-0.1, -0.05) is 69.7 Å². The van der Waals surface area contributed by atoms with Crippen LogP contribution >= 0.6 is 27.3 Å². The van der Waals surface area contributed by atoms with E-state index >= 15 is 0 Å². The molecule has 0 radical (unpaired) electrons. The van der Waals surface area contributed by atoms with E-state index in [2.05, 4.69) is 20.9 Å². The summed E-state index contributed by atoms with van der Waals surface area (Å²) in [7, 11) is 1.55. The average molecular weight is 664 g/mol. The lowest BCUT2D eigenvalue weighted by molar-refractivity contribution is -0.139. The number of ether oxygens (including phenoxy) is 4. The molecule has 10 heteroatoms. The highest BCUT2D eigenvalue weighted by Crippen LogP contribution is 2.41. The van der Waals surface area contributed by atoms with E-state index in [1.54, 1.807) is 37.7 Å². The van der Waals surface area contributed by atoms with Gasteiger partial charge >= 0.3 is 5.97 Å². The van der Waals surface area contributed by atoms with E-state index in [4.69, 9.17) is 18.9 Å². The number of esters is 1. The second-order valence-corrected chi connectivity index (χ2v) is 11.5. The van der Waals surface area contributed by atoms with Crippen LogP contribution in [0.1, 0.15) is 43.5 Å². The van der Waals surface area contributed by atoms with E-state index in [9.17, 15) is 9.59 Å². The van der Waals surface area contributed by atoms with Crippen molar-refractivity contribution in [3.8, 4) is 17.2 Å². The summed E-state index contributed by atoms with van der Waals surface area (Å²) in [4.78, 5) is 32.4. The normalized spacial score (nSPS) is 14.6. The number of fused-ring (bicyclic) bond motifs is 1. The Morgan fingerprint density at radius 3 is 2.44 bits per heavy atom. The molecule has 1 aliphatic heterocycles. The first kappa shape index (κ1) is 30.3. The van der Waals surface area contributed by atoms with E-state index in [-0.39, 0.29) is 17.7 Å². The Morgan fingerprint density at radius 2 is 1.77 bits per heavy atom. The van der Waals surface area contributed by atoms with Crippen molar-refractivity contribution in [1.29, 1.82) is 0 Å². The smallest absolute Gasteiger partial charge is 0.338 e. The topological polar surface area (TPSA) is 88.4 Å². The second-order valence-electron chi connectivity index (χ2n) is 9.60. The Labute approximate surface area is 261 Å². The predicted molar refractivity (Wildman–Crippen MR) is 169 cm³/mol. The number of nitrogens with zero attached hydrogens (tertiary/aromatic N) is 2. The lowest BCUT2D eigenvalue weighted by Crippen LogP contribution is -2.40. The zero-order valence-electron chi connectivity index (χ0n) is 24.3. The number of methoxy groups -OCH3 is 1. The molecule has 0 amide bonds. The van der Waals surface area contributed by atoms with Gasteiger partial charge < -0.3 is 18.9 Å². The Morgan fingerprint density at radius 1 is 1.02 bits per heavy atom. The van der Waals surface area contributed by atoms with Gasteiger partial charge in [-0.3, -0.25) is 9.36 Å². The maximum atomic E-state index is 14.0. The van der Waals surface area contributed by atoms with E-state index in [1.165, 1.54) is 11.3 Å². The van der Waals surface area contributed by atoms with Gasteiger partial charge in [0.1, 0.15) is 12.4 Å². The van der Waals surface area contributed by atoms with Crippen molar-refractivity contribution in [2.45, 2.75) is 33.4 Å². The van der Waals surface area contributed by atoms with Crippen LogP contribution in [-0.4, -0.2) is 30.9 Å². The SMILES string of the molecule is CCOC(=O)C1=C(C)N=c2s/c(=C/c3ccc(OCc4ccccc4)cc3)c(=O)n2[C@@H]1c1cc(OC)c(OCC)cc1Br. The molecular formula is C33H31BrN2O6S. The van der Waals surface area contributed by atoms with Crippen molar-refractivity contribution in [2.75, 3.05) is 20.3 Å². The van der Waals surface area contributed by atoms with Crippen molar-refractivity contribution in [3.63, 3.8) is 0 Å². The molecule has 0 bridgehead atoms. The molecule has 8 nitrogen and oxygen atoms in total. The minimum atomic E-state index is -0.801. The average Bonchev–Trinajstić information content (AvgIpc) is 3.31. The van der Waals surface area contributed by atoms with Crippen LogP contribution in [0.4, 0.5) is 0 Å². The number of carbonyl (C=O) groups is 1. The molecule has 1 aromatic heterocycles. The molecule has 1 atom stereocenters. The molecule has 0 N–H and O–H groups in total. The molecule has 222 valence electrons. The minimum absolute atomic E-state index is 0.186. The lowest BCUT2D eigenvalue weighted by atomic mass is 9.95. The first-order valence-electron chi connectivity index (χ1n) is 13.8. The Hall–Kier alpha value is -4.15. The molecule has 0 saturated carbocycles. The molecule has 1 aliphatic rings. The Balaban J connectivity index is 1.57. The van der Waals surface area contributed by atoms with E-state index in [0.29, 0.717) is 49.8 Å². The monoisotopic (exact) mass is 662 g/mol. The van der Waals surface area contributed by atoms with Gasteiger partial charge in [-0.25, -0.2) is 9.79 Å². The van der Waals surface area contributed by atoms with Crippen LogP contribution in [0.2, 0.25) is 0 Å². The lowest BCUT2D eigenvalue weighted by Gasteiger charge is -2.26. The summed E-state index contributed by atoms with van der Waals surface area (Å²) < 4.78 is 25.3. The van der Waals surface area contributed by atoms with Crippen LogP contribution in [0.5, 0.6) is 17.2 Å². The third kappa shape index (κ3) is 6.45. The number of rotatable bonds is 10. The van der Waals surface area contributed by atoms with Gasteiger partial charge in [-0.05, 0) is 67.8 Å². The number of aromatic nitrogens is 1. The number of halogens is 1. The number of allylic oxidation sites excluding steroid dienone is 1. The Kier molecular flexibility index (Phi) is 9.47. The molecule has 0 fully saturated rings. The zero-order chi connectivity index (χ0) is 30.5. The number of benzene rings is 3. The third-order valence-electron chi connectivity index (χ3n) is 6.82. The fourth-order valence-corrected chi connectivity index (χ4v) is 6.41. The summed E-state index contributed by atoms with van der Waals surface area (Å²) in [5, 5.41) is 0. The van der Waals surface area contributed by atoms with Crippen molar-refractivity contribution < 1.29 is 23.7 Å². The number of thiazole rings is 1. The molecule has 0 saturated heterocycles. The zero-order valence-corrected chi connectivity index (χ0v) is 26.7. The van der Waals surface area contributed by atoms with Crippen molar-refractivity contribution in [3.05, 3.63) is 119 Å². The fraction of sp³-hybridized carbons (Fsp3) is 0.242. The Bertz CT molecular complexity index is 1850. The summed E-state index contributed by atoms with van der Waals surface area (Å²) in [5.41, 5.74) is 3.05. The molecule has 0 aliphatic carbocycles. The predicted octanol–water partition coefficient (Wildman–Crippen LogP) is 5.55. The van der Waals surface area contributed by atoms with Crippen LogP contribution in [-0.2, 0) is 16.1 Å². The highest BCUT2D eigenvalue weighted by atomic mass is 79.9. The number of carbonyl (C=O) groups excluding carboxylic acids is 1. The highest BCUT2D eigenvalue weighted by Gasteiger charge is 2.35. The molecule has 2 heterocycles. The van der Waals surface area contributed by atoms with Crippen LogP contribution in [0.15, 0.2) is 92.3 Å². The number of hydrogen-bond donors (Lipinski definition) is 0. The summed E-state index contributed by atoms with van der Waals surface area (Å²) >= 11 is 4.91. The van der Waals surface area contributed by atoms with Gasteiger partial charge in [0.2, 0.25) is 0 Å². The quantitative estimate of drug-likeness (QED) is 0.207. The molecular weight excluding hydrogens is 632 g/mol. The van der Waals surface area contributed by atoms with Gasteiger partial charge in [0.05, 0.1) is 42.2 Å². The molecule has 0 unspecified atom stereocenters. The van der Waals surface area contributed by atoms with Crippen molar-refractivity contribution >= 4 is 39.3 Å². The van der Waals surface area contributed by atoms with Gasteiger partial charge in [0.25, 0.3) is 5.56 Å². The van der Waals surface area contributed by atoms with Gasteiger partial charge in [-0.15, -0.1) is 0 Å². The molecule has 5 rings (SSSR count). The van der Waals surface area contributed by atoms with Crippen LogP contribution in [0, 0.1) is 0 Å². The van der Waals surface area contributed by atoms with E-state index < -0.39 is 12.0 Å². The van der Waals surface area contributed by atoms with Crippen molar-refractivity contribution in [1.82, 2.24) is 4.57 Å². The summed E-state index contributed by atoms with van der Waals surface area (Å²) in [6.45, 7) is 6.48. The van der Waals surface area contributed by atoms with E-state index in [1.807, 2.05) is 67.6 Å². The third-order valence-corrected chi connectivity index (χ3v) is 8.49. The molecule has 0 spiro atoms. The standard InChI is InChI=1S/C33H31BrN2O6S/c1-5-40-27-18-25(34)24(17-26(27)39-4)30-29(32(38)41-6-2)20(3)35-33-36(30)31(37)28(43-33)16-21-12-14-23(15-13-21)42-19-22-10-8-7-9-11-22/h7-18,30H,5-6,19H2,1-4H3/b28-16+/t30-/m1/s1. The van der Waals surface area contributed by atoms with Gasteiger partial charge in [0.15, 0.2) is 16.3 Å².